The average molecular weight is 277 g/mol. The molecule has 0 spiro atoms. The number of aliphatic carboxylic acids is 1. The Kier molecular flexibility index (Phi) is 3.56. The van der Waals surface area contributed by atoms with Crippen LogP contribution in [0.5, 0.6) is 0 Å². The second kappa shape index (κ2) is 5.36. The number of carbonyl (C=O) groups is 1. The van der Waals surface area contributed by atoms with Crippen LogP contribution in [0.25, 0.3) is 0 Å². The number of hydrogen-bond donors (Lipinski definition) is 1. The summed E-state index contributed by atoms with van der Waals surface area (Å²) in [4.78, 5) is 22.2. The largest absolute Gasteiger partial charge is 0.481 e. The predicted octanol–water partition coefficient (Wildman–Crippen LogP) is 0.891. The summed E-state index contributed by atoms with van der Waals surface area (Å²) in [6, 6.07) is -0.142. The number of ether oxygens (including phenoxy) is 1. The van der Waals surface area contributed by atoms with Crippen molar-refractivity contribution in [3.63, 3.8) is 0 Å². The van der Waals surface area contributed by atoms with Gasteiger partial charge in [0, 0.05) is 17.8 Å². The lowest BCUT2D eigenvalue weighted by atomic mass is 10.0. The van der Waals surface area contributed by atoms with Crippen LogP contribution in [0.2, 0.25) is 0 Å². The number of fused-ring (bicyclic) bond motifs is 1. The predicted molar refractivity (Wildman–Crippen MR) is 72.8 cm³/mol. The summed E-state index contributed by atoms with van der Waals surface area (Å²) in [7, 11) is 0. The molecule has 20 heavy (non-hydrogen) atoms. The van der Waals surface area contributed by atoms with Crippen molar-refractivity contribution < 1.29 is 14.6 Å². The first-order chi connectivity index (χ1) is 9.72. The van der Waals surface area contributed by atoms with E-state index >= 15 is 0 Å². The standard InChI is InChI=1S/C14H19N3O3/c1-2-17(12-7-20-6-10(12)14(18)19)13-9-4-3-5-11(9)15-8-16-13/h8,10,12H,2-7H2,1H3,(H,18,19). The number of carboxylic acids is 1. The topological polar surface area (TPSA) is 75.5 Å². The number of anilines is 1. The van der Waals surface area contributed by atoms with Crippen LogP contribution in [-0.4, -0.2) is 46.8 Å². The fourth-order valence-corrected chi connectivity index (χ4v) is 3.22. The Labute approximate surface area is 117 Å². The molecule has 1 N–H and O–H groups in total. The molecule has 0 saturated carbocycles. The minimum absolute atomic E-state index is 0.142. The molecule has 0 amide bonds. The third kappa shape index (κ3) is 2.14. The number of carboxylic acid groups (broad SMARTS) is 1. The summed E-state index contributed by atoms with van der Waals surface area (Å²) in [6.45, 7) is 3.48. The lowest BCUT2D eigenvalue weighted by Gasteiger charge is -2.31. The zero-order valence-electron chi connectivity index (χ0n) is 11.6. The number of rotatable bonds is 4. The molecule has 1 aromatic rings. The second-order valence-corrected chi connectivity index (χ2v) is 5.31. The maximum atomic E-state index is 11.4. The van der Waals surface area contributed by atoms with Crippen molar-refractivity contribution >= 4 is 11.8 Å². The van der Waals surface area contributed by atoms with Crippen LogP contribution >= 0.6 is 0 Å². The Bertz CT molecular complexity index is 520. The van der Waals surface area contributed by atoms with Crippen molar-refractivity contribution in [2.45, 2.75) is 32.2 Å². The lowest BCUT2D eigenvalue weighted by molar-refractivity contribution is -0.141. The molecule has 108 valence electrons. The molecule has 6 nitrogen and oxygen atoms in total. The van der Waals surface area contributed by atoms with E-state index < -0.39 is 11.9 Å². The summed E-state index contributed by atoms with van der Waals surface area (Å²) >= 11 is 0. The second-order valence-electron chi connectivity index (χ2n) is 5.31. The third-order valence-corrected chi connectivity index (χ3v) is 4.23. The molecule has 1 aliphatic carbocycles. The van der Waals surface area contributed by atoms with Gasteiger partial charge in [-0.2, -0.15) is 0 Å². The number of aromatic nitrogens is 2. The minimum atomic E-state index is -0.795. The Hall–Kier alpha value is -1.69. The molecule has 0 bridgehead atoms. The molecule has 2 atom stereocenters. The van der Waals surface area contributed by atoms with Crippen LogP contribution < -0.4 is 4.90 Å². The highest BCUT2D eigenvalue weighted by Crippen LogP contribution is 2.31. The maximum absolute atomic E-state index is 11.4. The van der Waals surface area contributed by atoms with Crippen LogP contribution in [0.1, 0.15) is 24.6 Å². The molecule has 1 aliphatic heterocycles. The van der Waals surface area contributed by atoms with E-state index in [0.717, 1.165) is 37.3 Å². The van der Waals surface area contributed by atoms with E-state index in [-0.39, 0.29) is 12.6 Å². The van der Waals surface area contributed by atoms with E-state index in [9.17, 15) is 9.90 Å². The van der Waals surface area contributed by atoms with Crippen molar-refractivity contribution in [2.24, 2.45) is 5.92 Å². The van der Waals surface area contributed by atoms with Crippen LogP contribution in [-0.2, 0) is 22.4 Å². The Morgan fingerprint density at radius 3 is 3.05 bits per heavy atom. The van der Waals surface area contributed by atoms with Gasteiger partial charge in [0.25, 0.3) is 0 Å². The summed E-state index contributed by atoms with van der Waals surface area (Å²) in [5.41, 5.74) is 2.30. The van der Waals surface area contributed by atoms with Crippen LogP contribution in [0.15, 0.2) is 6.33 Å². The minimum Gasteiger partial charge on any atom is -0.481 e. The van der Waals surface area contributed by atoms with Gasteiger partial charge in [-0.3, -0.25) is 4.79 Å². The quantitative estimate of drug-likeness (QED) is 0.881. The molecule has 0 aromatic carbocycles. The molecule has 1 fully saturated rings. The van der Waals surface area contributed by atoms with Gasteiger partial charge in [0.2, 0.25) is 0 Å². The van der Waals surface area contributed by atoms with Crippen LogP contribution in [0.4, 0.5) is 5.82 Å². The smallest absolute Gasteiger partial charge is 0.311 e. The van der Waals surface area contributed by atoms with E-state index in [1.54, 1.807) is 6.33 Å². The third-order valence-electron chi connectivity index (χ3n) is 4.23. The van der Waals surface area contributed by atoms with Crippen LogP contribution in [0, 0.1) is 5.92 Å². The molecule has 2 heterocycles. The van der Waals surface area contributed by atoms with Crippen molar-refractivity contribution in [2.75, 3.05) is 24.7 Å². The molecular formula is C14H19N3O3. The number of aryl methyl sites for hydroxylation is 1. The summed E-state index contributed by atoms with van der Waals surface area (Å²) in [5.74, 6) is -0.379. The Morgan fingerprint density at radius 2 is 2.30 bits per heavy atom. The molecule has 1 aromatic heterocycles. The van der Waals surface area contributed by atoms with E-state index in [2.05, 4.69) is 14.9 Å². The summed E-state index contributed by atoms with van der Waals surface area (Å²) in [5, 5.41) is 9.33. The normalized spacial score (nSPS) is 24.6. The van der Waals surface area contributed by atoms with Gasteiger partial charge in [-0.15, -0.1) is 0 Å². The van der Waals surface area contributed by atoms with Gasteiger partial charge in [0.15, 0.2) is 0 Å². The highest BCUT2D eigenvalue weighted by atomic mass is 16.5. The van der Waals surface area contributed by atoms with E-state index in [0.29, 0.717) is 6.61 Å². The maximum Gasteiger partial charge on any atom is 0.311 e. The lowest BCUT2D eigenvalue weighted by Crippen LogP contribution is -2.44. The van der Waals surface area contributed by atoms with Crippen molar-refractivity contribution in [3.8, 4) is 0 Å². The van der Waals surface area contributed by atoms with E-state index in [1.165, 1.54) is 5.56 Å². The van der Waals surface area contributed by atoms with Gasteiger partial charge in [-0.1, -0.05) is 0 Å². The molecule has 2 aliphatic rings. The van der Waals surface area contributed by atoms with Gasteiger partial charge in [0.05, 0.1) is 19.3 Å². The molecule has 3 rings (SSSR count). The first kappa shape index (κ1) is 13.3. The number of likely N-dealkylation sites (N-methyl/N-ethyl adjacent to an activating group) is 1. The highest BCUT2D eigenvalue weighted by molar-refractivity contribution is 5.72. The first-order valence-electron chi connectivity index (χ1n) is 7.12. The van der Waals surface area contributed by atoms with Gasteiger partial charge in [-0.05, 0) is 26.2 Å². The van der Waals surface area contributed by atoms with Gasteiger partial charge >= 0.3 is 5.97 Å². The zero-order valence-corrected chi connectivity index (χ0v) is 11.6. The molecule has 1 saturated heterocycles. The van der Waals surface area contributed by atoms with Crippen molar-refractivity contribution in [1.29, 1.82) is 0 Å². The van der Waals surface area contributed by atoms with Crippen molar-refractivity contribution in [3.05, 3.63) is 17.6 Å². The fourth-order valence-electron chi connectivity index (χ4n) is 3.22. The van der Waals surface area contributed by atoms with Gasteiger partial charge in [-0.25, -0.2) is 9.97 Å². The summed E-state index contributed by atoms with van der Waals surface area (Å²) in [6.07, 6.45) is 4.66. The van der Waals surface area contributed by atoms with Crippen LogP contribution in [0.3, 0.4) is 0 Å². The monoisotopic (exact) mass is 277 g/mol. The molecule has 0 radical (unpaired) electrons. The average Bonchev–Trinajstić information content (AvgIpc) is 3.08. The highest BCUT2D eigenvalue weighted by Gasteiger charge is 2.39. The van der Waals surface area contributed by atoms with Gasteiger partial charge < -0.3 is 14.7 Å². The SMILES string of the molecule is CCN(c1ncnc2c1CCC2)C1COCC1C(=O)O. The van der Waals surface area contributed by atoms with Crippen molar-refractivity contribution in [1.82, 2.24) is 9.97 Å². The van der Waals surface area contributed by atoms with E-state index in [1.807, 2.05) is 6.92 Å². The first-order valence-corrected chi connectivity index (χ1v) is 7.12. The Morgan fingerprint density at radius 1 is 1.45 bits per heavy atom. The molecule has 2 unspecified atom stereocenters. The Balaban J connectivity index is 1.94. The number of hydrogen-bond acceptors (Lipinski definition) is 5. The molecule has 6 heteroatoms. The van der Waals surface area contributed by atoms with E-state index in [4.69, 9.17) is 4.74 Å². The molecular weight excluding hydrogens is 258 g/mol. The van der Waals surface area contributed by atoms with Gasteiger partial charge in [0.1, 0.15) is 18.1 Å². The zero-order chi connectivity index (χ0) is 14.1. The fraction of sp³-hybridized carbons (Fsp3) is 0.643. The number of nitrogens with zero attached hydrogens (tertiary/aromatic N) is 3. The summed E-state index contributed by atoms with van der Waals surface area (Å²) < 4.78 is 5.39.